The van der Waals surface area contributed by atoms with E-state index in [4.69, 9.17) is 17.3 Å². The molecule has 0 aliphatic rings. The Labute approximate surface area is 78.5 Å². The topological polar surface area (TPSA) is 81.5 Å². The van der Waals surface area contributed by atoms with Gasteiger partial charge in [0.05, 0.1) is 14.2 Å². The van der Waals surface area contributed by atoms with Gasteiger partial charge >= 0.3 is 0 Å². The standard InChI is InChI=1S/C8H9BO2.2H2O/c1-10-7-4-3-6(9)5-8(7)11-2;;/h3-5H,1-2H3;2*1H2. The Hall–Kier alpha value is -1.20. The van der Waals surface area contributed by atoms with Crippen LogP contribution >= 0.6 is 0 Å². The summed E-state index contributed by atoms with van der Waals surface area (Å²) in [6, 6.07) is 5.26. The summed E-state index contributed by atoms with van der Waals surface area (Å²) in [7, 11) is 8.69. The number of rotatable bonds is 2. The Morgan fingerprint density at radius 3 is 2.00 bits per heavy atom. The van der Waals surface area contributed by atoms with Crippen molar-refractivity contribution in [2.24, 2.45) is 0 Å². The molecule has 0 heterocycles. The normalized spacial score (nSPS) is 7.85. The van der Waals surface area contributed by atoms with Crippen molar-refractivity contribution in [3.05, 3.63) is 18.2 Å². The van der Waals surface area contributed by atoms with Crippen LogP contribution in [0.3, 0.4) is 0 Å². The van der Waals surface area contributed by atoms with Gasteiger partial charge in [-0.1, -0.05) is 11.5 Å². The highest BCUT2D eigenvalue weighted by molar-refractivity contribution is 6.32. The fourth-order valence-corrected chi connectivity index (χ4v) is 0.853. The number of benzene rings is 1. The van der Waals surface area contributed by atoms with Crippen molar-refractivity contribution in [1.82, 2.24) is 0 Å². The summed E-state index contributed by atoms with van der Waals surface area (Å²) in [5.74, 6) is 1.36. The Bertz CT molecular complexity index is 252. The van der Waals surface area contributed by atoms with Crippen molar-refractivity contribution in [2.45, 2.75) is 0 Å². The maximum absolute atomic E-state index is 5.52. The monoisotopic (exact) mass is 184 g/mol. The van der Waals surface area contributed by atoms with Gasteiger partial charge in [-0.2, -0.15) is 0 Å². The van der Waals surface area contributed by atoms with E-state index in [-0.39, 0.29) is 11.0 Å². The molecule has 1 rings (SSSR count). The van der Waals surface area contributed by atoms with E-state index in [2.05, 4.69) is 0 Å². The predicted molar refractivity (Wildman–Crippen MR) is 52.2 cm³/mol. The van der Waals surface area contributed by atoms with E-state index in [1.807, 2.05) is 0 Å². The van der Waals surface area contributed by atoms with E-state index in [1.165, 1.54) is 0 Å². The first-order valence-electron chi connectivity index (χ1n) is 3.25. The smallest absolute Gasteiger partial charge is 0.160 e. The predicted octanol–water partition coefficient (Wildman–Crippen LogP) is -1.15. The number of hydrogen-bond acceptors (Lipinski definition) is 2. The third-order valence-corrected chi connectivity index (χ3v) is 1.41. The second-order valence-corrected chi connectivity index (χ2v) is 2.11. The fraction of sp³-hybridized carbons (Fsp3) is 0.250. The molecule has 0 saturated heterocycles. The van der Waals surface area contributed by atoms with Crippen LogP contribution < -0.4 is 14.9 Å². The van der Waals surface area contributed by atoms with Gasteiger partial charge in [-0.25, -0.2) is 0 Å². The van der Waals surface area contributed by atoms with E-state index < -0.39 is 0 Å². The maximum Gasteiger partial charge on any atom is 0.160 e. The molecule has 0 spiro atoms. The molecule has 72 valence electrons. The molecule has 0 aromatic heterocycles. The molecule has 0 saturated carbocycles. The van der Waals surface area contributed by atoms with E-state index in [1.54, 1.807) is 32.4 Å². The first kappa shape index (κ1) is 14.3. The molecule has 0 bridgehead atoms. The Morgan fingerprint density at radius 1 is 1.00 bits per heavy atom. The second kappa shape index (κ2) is 6.34. The summed E-state index contributed by atoms with van der Waals surface area (Å²) in [4.78, 5) is 0. The molecule has 0 fully saturated rings. The highest BCUT2D eigenvalue weighted by atomic mass is 16.5. The van der Waals surface area contributed by atoms with E-state index in [9.17, 15) is 0 Å². The lowest BCUT2D eigenvalue weighted by atomic mass is 9.96. The Balaban J connectivity index is 0. The number of hydrogen-bond donors (Lipinski definition) is 0. The molecule has 13 heavy (non-hydrogen) atoms. The van der Waals surface area contributed by atoms with E-state index >= 15 is 0 Å². The van der Waals surface area contributed by atoms with Gasteiger partial charge in [-0.05, 0) is 12.1 Å². The molecule has 5 heteroatoms. The minimum atomic E-state index is 0. The summed E-state index contributed by atoms with van der Waals surface area (Å²) in [6.45, 7) is 0. The van der Waals surface area contributed by atoms with Crippen LogP contribution in [-0.2, 0) is 0 Å². The summed E-state index contributed by atoms with van der Waals surface area (Å²) >= 11 is 0. The average molecular weight is 184 g/mol. The highest BCUT2D eigenvalue weighted by Gasteiger charge is 2.00. The van der Waals surface area contributed by atoms with Crippen LogP contribution in [0, 0.1) is 0 Å². The van der Waals surface area contributed by atoms with Gasteiger partial charge in [0.15, 0.2) is 11.5 Å². The molecule has 4 nitrogen and oxygen atoms in total. The minimum absolute atomic E-state index is 0. The fourth-order valence-electron chi connectivity index (χ4n) is 0.853. The highest BCUT2D eigenvalue weighted by Crippen LogP contribution is 2.23. The van der Waals surface area contributed by atoms with Crippen LogP contribution in [0.1, 0.15) is 0 Å². The van der Waals surface area contributed by atoms with Gasteiger partial charge in [0, 0.05) is 0 Å². The van der Waals surface area contributed by atoms with E-state index in [0.29, 0.717) is 17.0 Å². The third-order valence-electron chi connectivity index (χ3n) is 1.41. The first-order valence-corrected chi connectivity index (χ1v) is 3.25. The molecule has 1 aromatic rings. The molecule has 0 atom stereocenters. The van der Waals surface area contributed by atoms with Crippen molar-refractivity contribution >= 4 is 13.3 Å². The van der Waals surface area contributed by atoms with Crippen LogP contribution in [-0.4, -0.2) is 33.0 Å². The van der Waals surface area contributed by atoms with Crippen molar-refractivity contribution in [2.75, 3.05) is 14.2 Å². The molecule has 0 unspecified atom stereocenters. The van der Waals surface area contributed by atoms with Crippen molar-refractivity contribution in [1.29, 1.82) is 0 Å². The van der Waals surface area contributed by atoms with Gasteiger partial charge in [-0.15, -0.1) is 0 Å². The van der Waals surface area contributed by atoms with Crippen molar-refractivity contribution in [3.8, 4) is 11.5 Å². The summed E-state index contributed by atoms with van der Waals surface area (Å²) in [6.07, 6.45) is 0. The summed E-state index contributed by atoms with van der Waals surface area (Å²) < 4.78 is 10.0. The molecular weight excluding hydrogens is 171 g/mol. The number of methoxy groups -OCH3 is 2. The maximum atomic E-state index is 5.52. The third kappa shape index (κ3) is 3.35. The zero-order chi connectivity index (χ0) is 8.27. The molecule has 0 amide bonds. The molecule has 4 N–H and O–H groups in total. The van der Waals surface area contributed by atoms with Gasteiger partial charge in [0.25, 0.3) is 0 Å². The van der Waals surface area contributed by atoms with Gasteiger partial charge < -0.3 is 20.4 Å². The van der Waals surface area contributed by atoms with Gasteiger partial charge in [0.1, 0.15) is 7.85 Å². The zero-order valence-electron chi connectivity index (χ0n) is 7.63. The molecular formula is C8H13BO4. The molecule has 0 aliphatic heterocycles. The zero-order valence-corrected chi connectivity index (χ0v) is 7.63. The largest absolute Gasteiger partial charge is 0.493 e. The van der Waals surface area contributed by atoms with Crippen molar-refractivity contribution < 1.29 is 20.4 Å². The lowest BCUT2D eigenvalue weighted by Gasteiger charge is -2.07. The lowest BCUT2D eigenvalue weighted by molar-refractivity contribution is 0.355. The van der Waals surface area contributed by atoms with Crippen LogP contribution in [0.2, 0.25) is 0 Å². The SMILES string of the molecule is O.O.[B]c1ccc(OC)c(OC)c1. The minimum Gasteiger partial charge on any atom is -0.493 e. The quantitative estimate of drug-likeness (QED) is 0.543. The first-order chi connectivity index (χ1) is 5.27. The van der Waals surface area contributed by atoms with Crippen molar-refractivity contribution in [3.63, 3.8) is 0 Å². The van der Waals surface area contributed by atoms with E-state index in [0.717, 1.165) is 0 Å². The molecule has 1 aromatic carbocycles. The summed E-state index contributed by atoms with van der Waals surface area (Å²) in [5.41, 5.74) is 0.669. The van der Waals surface area contributed by atoms with Gasteiger partial charge in [-0.3, -0.25) is 0 Å². The molecule has 2 radical (unpaired) electrons. The van der Waals surface area contributed by atoms with Crippen LogP contribution in [0.4, 0.5) is 0 Å². The second-order valence-electron chi connectivity index (χ2n) is 2.11. The summed E-state index contributed by atoms with van der Waals surface area (Å²) in [5, 5.41) is 0. The van der Waals surface area contributed by atoms with Crippen LogP contribution in [0.25, 0.3) is 0 Å². The Morgan fingerprint density at radius 2 is 1.54 bits per heavy atom. The number of ether oxygens (including phenoxy) is 2. The lowest BCUT2D eigenvalue weighted by Crippen LogP contribution is -2.02. The van der Waals surface area contributed by atoms with Crippen LogP contribution in [0.15, 0.2) is 18.2 Å². The Kier molecular flexibility index (Phi) is 6.99. The van der Waals surface area contributed by atoms with Crippen LogP contribution in [0.5, 0.6) is 11.5 Å². The molecule has 0 aliphatic carbocycles. The average Bonchev–Trinajstić information content (AvgIpc) is 2.04. The van der Waals surface area contributed by atoms with Gasteiger partial charge in [0.2, 0.25) is 0 Å².